The molecule has 1 aromatic heterocycles. The summed E-state index contributed by atoms with van der Waals surface area (Å²) < 4.78 is 14.9. The van der Waals surface area contributed by atoms with E-state index in [1.807, 2.05) is 12.1 Å². The third kappa shape index (κ3) is 2.48. The monoisotopic (exact) mass is 296 g/mol. The number of aromatic nitrogens is 1. The Labute approximate surface area is 125 Å². The summed E-state index contributed by atoms with van der Waals surface area (Å²) in [6.07, 6.45) is 1.49. The third-order valence-electron chi connectivity index (χ3n) is 3.42. The Balaban J connectivity index is 2.05. The number of hydrogen-bond acceptors (Lipinski definition) is 2. The predicted octanol–water partition coefficient (Wildman–Crippen LogP) is 2.93. The number of para-hydroxylation sites is 1. The zero-order chi connectivity index (χ0) is 15.7. The smallest absolute Gasteiger partial charge is 0.261 e. The van der Waals surface area contributed by atoms with Gasteiger partial charge in [-0.2, -0.15) is 0 Å². The first-order valence-corrected chi connectivity index (χ1v) is 6.71. The summed E-state index contributed by atoms with van der Waals surface area (Å²) in [5, 5.41) is 3.01. The van der Waals surface area contributed by atoms with Crippen LogP contribution in [0.1, 0.15) is 10.4 Å². The lowest BCUT2D eigenvalue weighted by atomic mass is 10.1. The van der Waals surface area contributed by atoms with E-state index >= 15 is 0 Å². The minimum atomic E-state index is -0.558. The Hall–Kier alpha value is -2.95. The lowest BCUT2D eigenvalue weighted by Crippen LogP contribution is -2.23. The molecule has 0 saturated carbocycles. The number of amides is 1. The summed E-state index contributed by atoms with van der Waals surface area (Å²) in [4.78, 5) is 24.7. The topological polar surface area (TPSA) is 51.1 Å². The van der Waals surface area contributed by atoms with Crippen molar-refractivity contribution in [1.82, 2.24) is 4.57 Å². The molecule has 0 atom stereocenters. The first kappa shape index (κ1) is 14.0. The Kier molecular flexibility index (Phi) is 3.47. The van der Waals surface area contributed by atoms with Crippen molar-refractivity contribution in [1.29, 1.82) is 0 Å². The number of hydrogen-bond donors (Lipinski definition) is 1. The van der Waals surface area contributed by atoms with Crippen LogP contribution in [0.3, 0.4) is 0 Å². The van der Waals surface area contributed by atoms with E-state index in [0.717, 1.165) is 5.52 Å². The van der Waals surface area contributed by atoms with E-state index in [1.54, 1.807) is 29.8 Å². The number of pyridine rings is 1. The van der Waals surface area contributed by atoms with Gasteiger partial charge in [-0.05, 0) is 30.3 Å². The van der Waals surface area contributed by atoms with Crippen molar-refractivity contribution < 1.29 is 9.18 Å². The SMILES string of the molecule is Cn1cc(C(=O)Nc2cccc(F)c2)c(=O)c2ccccc21. The van der Waals surface area contributed by atoms with Crippen LogP contribution in [-0.2, 0) is 7.05 Å². The maximum absolute atomic E-state index is 13.2. The third-order valence-corrected chi connectivity index (χ3v) is 3.42. The lowest BCUT2D eigenvalue weighted by Gasteiger charge is -2.09. The molecule has 5 heteroatoms. The predicted molar refractivity (Wildman–Crippen MR) is 83.5 cm³/mol. The normalized spacial score (nSPS) is 10.6. The number of halogens is 1. The number of rotatable bonds is 2. The quantitative estimate of drug-likeness (QED) is 0.790. The highest BCUT2D eigenvalue weighted by Crippen LogP contribution is 2.13. The van der Waals surface area contributed by atoms with Gasteiger partial charge < -0.3 is 9.88 Å². The maximum atomic E-state index is 13.2. The van der Waals surface area contributed by atoms with Gasteiger partial charge in [-0.3, -0.25) is 9.59 Å². The molecule has 0 saturated heterocycles. The minimum Gasteiger partial charge on any atom is -0.350 e. The fourth-order valence-corrected chi connectivity index (χ4v) is 2.37. The van der Waals surface area contributed by atoms with Gasteiger partial charge in [-0.1, -0.05) is 18.2 Å². The fourth-order valence-electron chi connectivity index (χ4n) is 2.37. The molecule has 1 heterocycles. The summed E-state index contributed by atoms with van der Waals surface area (Å²) in [5.74, 6) is -1.01. The molecule has 1 amide bonds. The van der Waals surface area contributed by atoms with Crippen LogP contribution in [-0.4, -0.2) is 10.5 Å². The van der Waals surface area contributed by atoms with Crippen LogP contribution in [0.25, 0.3) is 10.9 Å². The second-order valence-electron chi connectivity index (χ2n) is 4.96. The second kappa shape index (κ2) is 5.44. The van der Waals surface area contributed by atoms with E-state index in [-0.39, 0.29) is 11.0 Å². The Morgan fingerprint density at radius 1 is 1.14 bits per heavy atom. The van der Waals surface area contributed by atoms with E-state index < -0.39 is 11.7 Å². The molecular weight excluding hydrogens is 283 g/mol. The van der Waals surface area contributed by atoms with Gasteiger partial charge in [0.15, 0.2) is 0 Å². The van der Waals surface area contributed by atoms with Crippen LogP contribution >= 0.6 is 0 Å². The molecule has 3 rings (SSSR count). The zero-order valence-corrected chi connectivity index (χ0v) is 11.8. The number of benzene rings is 2. The summed E-state index contributed by atoms with van der Waals surface area (Å²) in [7, 11) is 1.76. The van der Waals surface area contributed by atoms with Crippen molar-refractivity contribution in [2.75, 3.05) is 5.32 Å². The van der Waals surface area contributed by atoms with E-state index in [9.17, 15) is 14.0 Å². The average molecular weight is 296 g/mol. The largest absolute Gasteiger partial charge is 0.350 e. The molecule has 3 aromatic rings. The number of carbonyl (C=O) groups is 1. The molecule has 0 fully saturated rings. The van der Waals surface area contributed by atoms with Crippen LogP contribution in [0.4, 0.5) is 10.1 Å². The first-order chi connectivity index (χ1) is 10.6. The van der Waals surface area contributed by atoms with Crippen LogP contribution in [0.5, 0.6) is 0 Å². The first-order valence-electron chi connectivity index (χ1n) is 6.71. The molecule has 110 valence electrons. The van der Waals surface area contributed by atoms with Gasteiger partial charge in [0.25, 0.3) is 5.91 Å². The number of aryl methyl sites for hydroxylation is 1. The number of carbonyl (C=O) groups excluding carboxylic acids is 1. The number of nitrogens with one attached hydrogen (secondary N) is 1. The zero-order valence-electron chi connectivity index (χ0n) is 11.8. The van der Waals surface area contributed by atoms with Crippen molar-refractivity contribution in [2.24, 2.45) is 7.05 Å². The van der Waals surface area contributed by atoms with E-state index in [4.69, 9.17) is 0 Å². The van der Waals surface area contributed by atoms with E-state index in [0.29, 0.717) is 11.1 Å². The molecule has 0 aliphatic heterocycles. The molecule has 0 aliphatic carbocycles. The van der Waals surface area contributed by atoms with Gasteiger partial charge >= 0.3 is 0 Å². The summed E-state index contributed by atoms with van der Waals surface area (Å²) in [5.41, 5.74) is 0.725. The number of anilines is 1. The van der Waals surface area contributed by atoms with Crippen molar-refractivity contribution in [3.63, 3.8) is 0 Å². The number of fused-ring (bicyclic) bond motifs is 1. The van der Waals surface area contributed by atoms with Gasteiger partial charge in [0.1, 0.15) is 11.4 Å². The highest BCUT2D eigenvalue weighted by Gasteiger charge is 2.14. The summed E-state index contributed by atoms with van der Waals surface area (Å²) in [6.45, 7) is 0. The van der Waals surface area contributed by atoms with Crippen LogP contribution < -0.4 is 10.7 Å². The van der Waals surface area contributed by atoms with Crippen molar-refractivity contribution >= 4 is 22.5 Å². The van der Waals surface area contributed by atoms with E-state index in [2.05, 4.69) is 5.32 Å². The Morgan fingerprint density at radius 2 is 1.91 bits per heavy atom. The molecule has 0 unspecified atom stereocenters. The highest BCUT2D eigenvalue weighted by molar-refractivity contribution is 6.05. The molecule has 2 aromatic carbocycles. The molecule has 0 spiro atoms. The standard InChI is InChI=1S/C17H13FN2O2/c1-20-10-14(16(21)13-7-2-3-8-15(13)20)17(22)19-12-6-4-5-11(18)9-12/h2-10H,1H3,(H,19,22). The molecule has 0 aliphatic rings. The van der Waals surface area contributed by atoms with Crippen molar-refractivity contribution in [3.05, 3.63) is 76.3 Å². The van der Waals surface area contributed by atoms with Gasteiger partial charge in [0.05, 0.1) is 5.52 Å². The molecular formula is C17H13FN2O2. The fraction of sp³-hybridized carbons (Fsp3) is 0.0588. The van der Waals surface area contributed by atoms with Crippen molar-refractivity contribution in [2.45, 2.75) is 0 Å². The highest BCUT2D eigenvalue weighted by atomic mass is 19.1. The molecule has 4 nitrogen and oxygen atoms in total. The van der Waals surface area contributed by atoms with Gasteiger partial charge in [-0.15, -0.1) is 0 Å². The van der Waals surface area contributed by atoms with Crippen LogP contribution in [0.15, 0.2) is 59.5 Å². The molecule has 0 bridgehead atoms. The minimum absolute atomic E-state index is 0.0189. The summed E-state index contributed by atoms with van der Waals surface area (Å²) in [6, 6.07) is 12.6. The van der Waals surface area contributed by atoms with Gasteiger partial charge in [0.2, 0.25) is 5.43 Å². The van der Waals surface area contributed by atoms with Gasteiger partial charge in [-0.25, -0.2) is 4.39 Å². The second-order valence-corrected chi connectivity index (χ2v) is 4.96. The molecule has 0 radical (unpaired) electrons. The van der Waals surface area contributed by atoms with Gasteiger partial charge in [0, 0.05) is 24.3 Å². The average Bonchev–Trinajstić information content (AvgIpc) is 2.51. The molecule has 1 N–H and O–H groups in total. The van der Waals surface area contributed by atoms with E-state index in [1.165, 1.54) is 24.4 Å². The van der Waals surface area contributed by atoms with Crippen molar-refractivity contribution in [3.8, 4) is 0 Å². The molecule has 22 heavy (non-hydrogen) atoms. The summed E-state index contributed by atoms with van der Waals surface area (Å²) >= 11 is 0. The van der Waals surface area contributed by atoms with Crippen LogP contribution in [0.2, 0.25) is 0 Å². The maximum Gasteiger partial charge on any atom is 0.261 e. The Bertz CT molecular complexity index is 931. The number of nitrogens with zero attached hydrogens (tertiary/aromatic N) is 1. The Morgan fingerprint density at radius 3 is 2.68 bits per heavy atom. The lowest BCUT2D eigenvalue weighted by molar-refractivity contribution is 0.102. The van der Waals surface area contributed by atoms with Crippen LogP contribution in [0, 0.1) is 5.82 Å².